The van der Waals surface area contributed by atoms with Crippen molar-refractivity contribution in [3.8, 4) is 5.75 Å². The number of nitrogens with one attached hydrogen (secondary N) is 1. The highest BCUT2D eigenvalue weighted by Crippen LogP contribution is 2.22. The molecule has 0 spiro atoms. The Labute approximate surface area is 217 Å². The minimum absolute atomic E-state index is 0.0439. The number of hydrogen-bond donors (Lipinski definition) is 2. The SMILES string of the molecule is C=CCn1c(=NC(=O)c2ccc(NS(=O)(=O)c3ccc(OC)cc3)cc2)sc2cc(S(N)(=O)=O)ccc21. The molecule has 3 aromatic carbocycles. The topological polar surface area (TPSA) is 150 Å². The lowest BCUT2D eigenvalue weighted by Crippen LogP contribution is -2.16. The third kappa shape index (κ3) is 5.80. The van der Waals surface area contributed by atoms with Crippen LogP contribution in [-0.2, 0) is 26.6 Å². The smallest absolute Gasteiger partial charge is 0.279 e. The van der Waals surface area contributed by atoms with E-state index in [1.807, 2.05) is 0 Å². The maximum absolute atomic E-state index is 12.9. The molecule has 3 N–H and O–H groups in total. The highest BCUT2D eigenvalue weighted by atomic mass is 32.2. The molecule has 4 rings (SSSR count). The molecule has 1 amide bonds. The lowest BCUT2D eigenvalue weighted by Gasteiger charge is -2.09. The van der Waals surface area contributed by atoms with Crippen LogP contribution in [-0.4, -0.2) is 34.4 Å². The molecule has 0 aliphatic carbocycles. The van der Waals surface area contributed by atoms with Crippen molar-refractivity contribution in [1.29, 1.82) is 0 Å². The number of nitrogens with zero attached hydrogens (tertiary/aromatic N) is 2. The zero-order chi connectivity index (χ0) is 26.8. The van der Waals surface area contributed by atoms with Crippen molar-refractivity contribution in [2.45, 2.75) is 16.3 Å². The zero-order valence-electron chi connectivity index (χ0n) is 19.5. The number of hydrogen-bond acceptors (Lipinski definition) is 7. The van der Waals surface area contributed by atoms with Crippen molar-refractivity contribution in [2.75, 3.05) is 11.8 Å². The van der Waals surface area contributed by atoms with Gasteiger partial charge in [0.15, 0.2) is 4.80 Å². The highest BCUT2D eigenvalue weighted by Gasteiger charge is 2.16. The summed E-state index contributed by atoms with van der Waals surface area (Å²) in [5.41, 5.74) is 1.18. The zero-order valence-corrected chi connectivity index (χ0v) is 21.9. The van der Waals surface area contributed by atoms with Gasteiger partial charge in [-0.05, 0) is 66.7 Å². The second kappa shape index (κ2) is 10.3. The molecule has 0 saturated carbocycles. The molecule has 0 atom stereocenters. The Morgan fingerprint density at radius 2 is 1.70 bits per heavy atom. The number of ether oxygens (including phenoxy) is 1. The number of carbonyl (C=O) groups is 1. The van der Waals surface area contributed by atoms with Crippen LogP contribution >= 0.6 is 11.3 Å². The summed E-state index contributed by atoms with van der Waals surface area (Å²) in [6.07, 6.45) is 1.63. The molecule has 0 aliphatic rings. The summed E-state index contributed by atoms with van der Waals surface area (Å²) in [5.74, 6) is -0.0240. The number of thiazole rings is 1. The minimum Gasteiger partial charge on any atom is -0.497 e. The first kappa shape index (κ1) is 26.3. The average molecular weight is 559 g/mol. The van der Waals surface area contributed by atoms with Crippen molar-refractivity contribution in [3.05, 3.63) is 89.7 Å². The van der Waals surface area contributed by atoms with Gasteiger partial charge in [0.1, 0.15) is 5.75 Å². The molecule has 4 aromatic rings. The maximum atomic E-state index is 12.9. The van der Waals surface area contributed by atoms with Gasteiger partial charge in [-0.15, -0.1) is 6.58 Å². The monoisotopic (exact) mass is 558 g/mol. The molecule has 10 nitrogen and oxygen atoms in total. The van der Waals surface area contributed by atoms with E-state index in [9.17, 15) is 21.6 Å². The van der Waals surface area contributed by atoms with Crippen LogP contribution in [0.3, 0.4) is 0 Å². The van der Waals surface area contributed by atoms with Crippen LogP contribution in [0.1, 0.15) is 10.4 Å². The van der Waals surface area contributed by atoms with Gasteiger partial charge in [0.2, 0.25) is 10.0 Å². The highest BCUT2D eigenvalue weighted by molar-refractivity contribution is 7.92. The Kier molecular flexibility index (Phi) is 7.32. The average Bonchev–Trinajstić information content (AvgIpc) is 3.20. The number of nitrogens with two attached hydrogens (primary N) is 1. The molecule has 0 aliphatic heterocycles. The molecule has 37 heavy (non-hydrogen) atoms. The number of primary sulfonamides is 1. The van der Waals surface area contributed by atoms with E-state index in [1.165, 1.54) is 55.6 Å². The van der Waals surface area contributed by atoms with Crippen LogP contribution in [0.2, 0.25) is 0 Å². The number of amides is 1. The van der Waals surface area contributed by atoms with Crippen LogP contribution < -0.4 is 19.4 Å². The Hall–Kier alpha value is -3.78. The van der Waals surface area contributed by atoms with Gasteiger partial charge < -0.3 is 9.30 Å². The lowest BCUT2D eigenvalue weighted by atomic mass is 10.2. The van der Waals surface area contributed by atoms with Gasteiger partial charge >= 0.3 is 0 Å². The van der Waals surface area contributed by atoms with Gasteiger partial charge in [-0.25, -0.2) is 22.0 Å². The Morgan fingerprint density at radius 1 is 1.05 bits per heavy atom. The number of benzene rings is 3. The summed E-state index contributed by atoms with van der Waals surface area (Å²) in [4.78, 5) is 17.5. The number of carbonyl (C=O) groups excluding carboxylic acids is 1. The molecular formula is C24H22N4O6S3. The fourth-order valence-corrected chi connectivity index (χ4v) is 6.17. The third-order valence-electron chi connectivity index (χ3n) is 5.25. The van der Waals surface area contributed by atoms with Gasteiger partial charge in [-0.1, -0.05) is 17.4 Å². The summed E-state index contributed by atoms with van der Waals surface area (Å²) in [6, 6.07) is 16.2. The number of aromatic nitrogens is 1. The van der Waals surface area contributed by atoms with Gasteiger partial charge in [0.25, 0.3) is 15.9 Å². The second-order valence-corrected chi connectivity index (χ2v) is 12.0. The van der Waals surface area contributed by atoms with Gasteiger partial charge in [0.05, 0.1) is 27.1 Å². The number of rotatable bonds is 8. The van der Waals surface area contributed by atoms with E-state index in [0.29, 0.717) is 27.3 Å². The summed E-state index contributed by atoms with van der Waals surface area (Å²) in [5, 5.41) is 5.23. The molecule has 192 valence electrons. The first-order chi connectivity index (χ1) is 17.5. The Bertz CT molecular complexity index is 1770. The molecule has 0 saturated heterocycles. The van der Waals surface area contributed by atoms with E-state index in [4.69, 9.17) is 9.88 Å². The summed E-state index contributed by atoms with van der Waals surface area (Å²) in [7, 11) is -6.24. The van der Waals surface area contributed by atoms with Crippen molar-refractivity contribution >= 4 is 53.2 Å². The van der Waals surface area contributed by atoms with E-state index in [-0.39, 0.29) is 21.0 Å². The van der Waals surface area contributed by atoms with E-state index < -0.39 is 26.0 Å². The largest absolute Gasteiger partial charge is 0.497 e. The van der Waals surface area contributed by atoms with Crippen LogP contribution in [0.4, 0.5) is 5.69 Å². The normalized spacial score (nSPS) is 12.4. The quantitative estimate of drug-likeness (QED) is 0.317. The standard InChI is InChI=1S/C24H22N4O6S3/c1-3-14-28-21-13-12-20(36(25,30)31)15-22(21)35-24(28)26-23(29)16-4-6-17(7-5-16)27-37(32,33)19-10-8-18(34-2)9-11-19/h3-13,15,27H,1,14H2,2H3,(H2,25,30,31). The minimum atomic E-state index is -3.89. The first-order valence-electron chi connectivity index (χ1n) is 10.6. The fraction of sp³-hybridized carbons (Fsp3) is 0.0833. The lowest BCUT2D eigenvalue weighted by molar-refractivity contribution is 0.0998. The van der Waals surface area contributed by atoms with E-state index in [0.717, 1.165) is 11.3 Å². The summed E-state index contributed by atoms with van der Waals surface area (Å²) < 4.78 is 58.5. The van der Waals surface area contributed by atoms with Gasteiger partial charge in [-0.3, -0.25) is 9.52 Å². The van der Waals surface area contributed by atoms with Gasteiger partial charge in [-0.2, -0.15) is 4.99 Å². The van der Waals surface area contributed by atoms with Gasteiger partial charge in [0, 0.05) is 17.8 Å². The van der Waals surface area contributed by atoms with Crippen molar-refractivity contribution in [3.63, 3.8) is 0 Å². The van der Waals surface area contributed by atoms with Crippen LogP contribution in [0.5, 0.6) is 5.75 Å². The Balaban J connectivity index is 1.61. The van der Waals surface area contributed by atoms with Crippen LogP contribution in [0.25, 0.3) is 10.2 Å². The number of sulfonamides is 2. The summed E-state index contributed by atoms with van der Waals surface area (Å²) >= 11 is 1.14. The van der Waals surface area contributed by atoms with Crippen molar-refractivity contribution in [1.82, 2.24) is 4.57 Å². The molecule has 1 aromatic heterocycles. The number of fused-ring (bicyclic) bond motifs is 1. The van der Waals surface area contributed by atoms with Crippen LogP contribution in [0.15, 0.2) is 94.2 Å². The summed E-state index contributed by atoms with van der Waals surface area (Å²) in [6.45, 7) is 4.07. The first-order valence-corrected chi connectivity index (χ1v) is 14.5. The number of allylic oxidation sites excluding steroid dienone is 1. The van der Waals surface area contributed by atoms with Crippen molar-refractivity contribution < 1.29 is 26.4 Å². The number of methoxy groups -OCH3 is 1. The molecular weight excluding hydrogens is 536 g/mol. The maximum Gasteiger partial charge on any atom is 0.279 e. The molecule has 1 heterocycles. The van der Waals surface area contributed by atoms with E-state index in [2.05, 4.69) is 16.3 Å². The molecule has 0 fully saturated rings. The van der Waals surface area contributed by atoms with E-state index >= 15 is 0 Å². The molecule has 0 radical (unpaired) electrons. The van der Waals surface area contributed by atoms with Crippen LogP contribution in [0, 0.1) is 0 Å². The third-order valence-corrected chi connectivity index (χ3v) is 8.59. The second-order valence-electron chi connectivity index (χ2n) is 7.73. The molecule has 13 heteroatoms. The Morgan fingerprint density at radius 3 is 2.30 bits per heavy atom. The fourth-order valence-electron chi connectivity index (χ4n) is 3.42. The van der Waals surface area contributed by atoms with E-state index in [1.54, 1.807) is 28.8 Å². The molecule has 0 unspecified atom stereocenters. The predicted molar refractivity (Wildman–Crippen MR) is 142 cm³/mol. The predicted octanol–water partition coefficient (Wildman–Crippen LogP) is 3.09. The number of anilines is 1. The van der Waals surface area contributed by atoms with Crippen molar-refractivity contribution in [2.24, 2.45) is 10.1 Å². The molecule has 0 bridgehead atoms.